The number of benzene rings is 1. The van der Waals surface area contributed by atoms with Crippen molar-refractivity contribution in [3.8, 4) is 6.07 Å². The molecule has 0 saturated heterocycles. The zero-order valence-corrected chi connectivity index (χ0v) is 12.0. The molecule has 2 rings (SSSR count). The summed E-state index contributed by atoms with van der Waals surface area (Å²) in [5.41, 5.74) is 3.08. The number of nitriles is 1. The minimum absolute atomic E-state index is 0.574. The summed E-state index contributed by atoms with van der Waals surface area (Å²) in [5.74, 6) is 0.574. The van der Waals surface area contributed by atoms with Gasteiger partial charge in [-0.25, -0.2) is 0 Å². The van der Waals surface area contributed by atoms with Gasteiger partial charge in [0.15, 0.2) is 0 Å². The Hall–Kier alpha value is -1.72. The quantitative estimate of drug-likeness (QED) is 0.817. The maximum Gasteiger partial charge on any atom is 0.120 e. The molecule has 19 heavy (non-hydrogen) atoms. The van der Waals surface area contributed by atoms with Gasteiger partial charge < -0.3 is 4.57 Å². The average molecular weight is 273 g/mol. The largest absolute Gasteiger partial charge is 0.332 e. The third kappa shape index (κ3) is 3.39. The maximum absolute atomic E-state index is 9.20. The van der Waals surface area contributed by atoms with Crippen molar-refractivity contribution in [3.05, 3.63) is 58.4 Å². The molecule has 0 radical (unpaired) electrons. The Bertz CT molecular complexity index is 588. The van der Waals surface area contributed by atoms with Crippen molar-refractivity contribution in [1.29, 1.82) is 5.26 Å². The molecule has 0 aliphatic heterocycles. The Kier molecular flexibility index (Phi) is 4.29. The third-order valence-corrected chi connectivity index (χ3v) is 3.31. The molecule has 0 saturated carbocycles. The molecule has 0 atom stereocenters. The van der Waals surface area contributed by atoms with Crippen LogP contribution in [0.25, 0.3) is 0 Å². The van der Waals surface area contributed by atoms with Gasteiger partial charge in [0, 0.05) is 17.3 Å². The van der Waals surface area contributed by atoms with E-state index < -0.39 is 0 Å². The molecule has 2 nitrogen and oxygen atoms in total. The van der Waals surface area contributed by atoms with Crippen LogP contribution in [0, 0.1) is 17.2 Å². The lowest BCUT2D eigenvalue weighted by Crippen LogP contribution is -2.08. The Morgan fingerprint density at radius 2 is 1.84 bits per heavy atom. The summed E-state index contributed by atoms with van der Waals surface area (Å²) in [5, 5.41) is 9.93. The Morgan fingerprint density at radius 3 is 2.42 bits per heavy atom. The van der Waals surface area contributed by atoms with Gasteiger partial charge >= 0.3 is 0 Å². The molecule has 98 valence electrons. The average Bonchev–Trinajstić information content (AvgIpc) is 2.74. The number of halogens is 1. The van der Waals surface area contributed by atoms with Gasteiger partial charge in [-0.3, -0.25) is 0 Å². The summed E-state index contributed by atoms with van der Waals surface area (Å²) >= 11 is 5.89. The van der Waals surface area contributed by atoms with Gasteiger partial charge in [0.25, 0.3) is 0 Å². The topological polar surface area (TPSA) is 28.7 Å². The normalized spacial score (nSPS) is 10.7. The first kappa shape index (κ1) is 13.7. The summed E-state index contributed by atoms with van der Waals surface area (Å²) in [6.45, 7) is 5.09. The van der Waals surface area contributed by atoms with Crippen LogP contribution in [0.2, 0.25) is 5.02 Å². The molecule has 0 N–H and O–H groups in total. The molecular weight excluding hydrogens is 256 g/mol. The molecule has 0 bridgehead atoms. The summed E-state index contributed by atoms with van der Waals surface area (Å²) < 4.78 is 2.09. The fourth-order valence-electron chi connectivity index (χ4n) is 2.16. The molecule has 0 aliphatic rings. The monoisotopic (exact) mass is 272 g/mol. The zero-order chi connectivity index (χ0) is 13.8. The molecule has 1 aromatic carbocycles. The van der Waals surface area contributed by atoms with Crippen LogP contribution in [0.1, 0.15) is 30.8 Å². The van der Waals surface area contributed by atoms with Crippen LogP contribution in [0.3, 0.4) is 0 Å². The summed E-state index contributed by atoms with van der Waals surface area (Å²) in [4.78, 5) is 0. The maximum atomic E-state index is 9.20. The standard InChI is InChI=1S/C16H17ClN2/c1-12(2)9-15-7-8-16(10-18)19(15)11-13-3-5-14(17)6-4-13/h3-8,12H,9,11H2,1-2H3. The SMILES string of the molecule is CC(C)Cc1ccc(C#N)n1Cc1ccc(Cl)cc1. The first-order valence-corrected chi connectivity index (χ1v) is 6.81. The minimum atomic E-state index is 0.574. The molecule has 2 aromatic rings. The summed E-state index contributed by atoms with van der Waals surface area (Å²) in [6.07, 6.45) is 0.981. The highest BCUT2D eigenvalue weighted by Crippen LogP contribution is 2.17. The number of aromatic nitrogens is 1. The second-order valence-electron chi connectivity index (χ2n) is 5.13. The molecule has 3 heteroatoms. The van der Waals surface area contributed by atoms with E-state index in [1.165, 1.54) is 5.69 Å². The first-order valence-electron chi connectivity index (χ1n) is 6.43. The van der Waals surface area contributed by atoms with E-state index in [4.69, 9.17) is 11.6 Å². The first-order chi connectivity index (χ1) is 9.10. The summed E-state index contributed by atoms with van der Waals surface area (Å²) in [6, 6.07) is 14.0. The van der Waals surface area contributed by atoms with Crippen molar-refractivity contribution in [2.24, 2.45) is 5.92 Å². The lowest BCUT2D eigenvalue weighted by atomic mass is 10.1. The molecule has 1 heterocycles. The van der Waals surface area contributed by atoms with Crippen LogP contribution >= 0.6 is 11.6 Å². The van der Waals surface area contributed by atoms with E-state index in [0.29, 0.717) is 11.6 Å². The van der Waals surface area contributed by atoms with Gasteiger partial charge in [0.2, 0.25) is 0 Å². The highest BCUT2D eigenvalue weighted by Gasteiger charge is 2.09. The molecule has 0 aliphatic carbocycles. The smallest absolute Gasteiger partial charge is 0.120 e. The van der Waals surface area contributed by atoms with Gasteiger partial charge in [0.1, 0.15) is 11.8 Å². The number of hydrogen-bond acceptors (Lipinski definition) is 1. The molecule has 1 aromatic heterocycles. The second-order valence-corrected chi connectivity index (χ2v) is 5.57. The van der Waals surface area contributed by atoms with Gasteiger partial charge in [-0.1, -0.05) is 37.6 Å². The van der Waals surface area contributed by atoms with Crippen molar-refractivity contribution in [1.82, 2.24) is 4.57 Å². The lowest BCUT2D eigenvalue weighted by Gasteiger charge is -2.12. The Balaban J connectivity index is 2.29. The lowest BCUT2D eigenvalue weighted by molar-refractivity contribution is 0.602. The number of rotatable bonds is 4. The third-order valence-electron chi connectivity index (χ3n) is 3.06. The van der Waals surface area contributed by atoms with E-state index in [-0.39, 0.29) is 0 Å². The molecular formula is C16H17ClN2. The van der Waals surface area contributed by atoms with Crippen LogP contribution in [-0.2, 0) is 13.0 Å². The van der Waals surface area contributed by atoms with E-state index >= 15 is 0 Å². The highest BCUT2D eigenvalue weighted by atomic mass is 35.5. The van der Waals surface area contributed by atoms with E-state index in [1.54, 1.807) is 0 Å². The van der Waals surface area contributed by atoms with Crippen molar-refractivity contribution >= 4 is 11.6 Å². The molecule has 0 amide bonds. The Morgan fingerprint density at radius 1 is 1.16 bits per heavy atom. The fourth-order valence-corrected chi connectivity index (χ4v) is 2.29. The number of hydrogen-bond donors (Lipinski definition) is 0. The van der Waals surface area contributed by atoms with Crippen LogP contribution < -0.4 is 0 Å². The van der Waals surface area contributed by atoms with Gasteiger partial charge in [-0.05, 0) is 42.2 Å². The van der Waals surface area contributed by atoms with E-state index in [9.17, 15) is 5.26 Å². The fraction of sp³-hybridized carbons (Fsp3) is 0.312. The van der Waals surface area contributed by atoms with Gasteiger partial charge in [0.05, 0.1) is 0 Å². The van der Waals surface area contributed by atoms with Crippen LogP contribution in [0.15, 0.2) is 36.4 Å². The van der Waals surface area contributed by atoms with E-state index in [0.717, 1.165) is 23.6 Å². The van der Waals surface area contributed by atoms with Crippen molar-refractivity contribution in [2.45, 2.75) is 26.8 Å². The minimum Gasteiger partial charge on any atom is -0.332 e. The predicted octanol–water partition coefficient (Wildman–Crippen LogP) is 4.26. The van der Waals surface area contributed by atoms with Crippen molar-refractivity contribution in [3.63, 3.8) is 0 Å². The van der Waals surface area contributed by atoms with Crippen molar-refractivity contribution < 1.29 is 0 Å². The second kappa shape index (κ2) is 5.95. The highest BCUT2D eigenvalue weighted by molar-refractivity contribution is 6.30. The number of nitrogens with zero attached hydrogens (tertiary/aromatic N) is 2. The molecule has 0 spiro atoms. The van der Waals surface area contributed by atoms with Crippen LogP contribution in [0.4, 0.5) is 0 Å². The van der Waals surface area contributed by atoms with E-state index in [2.05, 4.69) is 30.6 Å². The van der Waals surface area contributed by atoms with Gasteiger partial charge in [-0.2, -0.15) is 5.26 Å². The van der Waals surface area contributed by atoms with Crippen LogP contribution in [0.5, 0.6) is 0 Å². The molecule has 0 unspecified atom stereocenters. The molecule has 0 fully saturated rings. The zero-order valence-electron chi connectivity index (χ0n) is 11.2. The van der Waals surface area contributed by atoms with Crippen LogP contribution in [-0.4, -0.2) is 4.57 Å². The van der Waals surface area contributed by atoms with Crippen molar-refractivity contribution in [2.75, 3.05) is 0 Å². The summed E-state index contributed by atoms with van der Waals surface area (Å²) in [7, 11) is 0. The van der Waals surface area contributed by atoms with E-state index in [1.807, 2.05) is 30.3 Å². The predicted molar refractivity (Wildman–Crippen MR) is 78.2 cm³/mol. The van der Waals surface area contributed by atoms with Gasteiger partial charge in [-0.15, -0.1) is 0 Å². The Labute approximate surface area is 119 Å².